The molecule has 0 saturated carbocycles. The van der Waals surface area contributed by atoms with Crippen molar-refractivity contribution in [2.75, 3.05) is 26.2 Å². The Morgan fingerprint density at radius 2 is 1.91 bits per heavy atom. The standard InChI is InChI=1S/C4H10N7/c5-10-8-3-1-7-2-4-9-11-6/h5,7H,1-4H2/q+1. The number of nitrogens with zero attached hydrogens (tertiary/aromatic N) is 5. The van der Waals surface area contributed by atoms with Crippen molar-refractivity contribution >= 4 is 0 Å². The molecule has 0 aliphatic heterocycles. The average molecular weight is 156 g/mol. The molecule has 0 aromatic rings. The Kier molecular flexibility index (Phi) is 7.47. The van der Waals surface area contributed by atoms with Gasteiger partial charge in [-0.05, 0) is 5.53 Å². The SMILES string of the molecule is [N-]=[N+]=NCCNCCN=[N+]=N. The van der Waals surface area contributed by atoms with Crippen molar-refractivity contribution in [1.29, 1.82) is 5.53 Å². The van der Waals surface area contributed by atoms with E-state index in [0.29, 0.717) is 26.2 Å². The fourth-order valence-electron chi connectivity index (χ4n) is 0.478. The Morgan fingerprint density at radius 1 is 1.27 bits per heavy atom. The Hall–Kier alpha value is -1.42. The number of hydrogen-bond donors (Lipinski definition) is 2. The first-order chi connectivity index (χ1) is 5.41. The van der Waals surface area contributed by atoms with Crippen molar-refractivity contribution in [2.24, 2.45) is 10.2 Å². The van der Waals surface area contributed by atoms with Crippen LogP contribution in [0.15, 0.2) is 10.2 Å². The molecule has 0 aromatic heterocycles. The predicted molar refractivity (Wildman–Crippen MR) is 39.0 cm³/mol. The third kappa shape index (κ3) is 8.58. The highest BCUT2D eigenvalue weighted by atomic mass is 15.1. The molecule has 0 saturated heterocycles. The molecular formula is C4H10N7+. The smallest absolute Gasteiger partial charge is 0.214 e. The summed E-state index contributed by atoms with van der Waals surface area (Å²) in [6.07, 6.45) is 0. The van der Waals surface area contributed by atoms with Crippen LogP contribution in [0.1, 0.15) is 0 Å². The summed E-state index contributed by atoms with van der Waals surface area (Å²) in [5.41, 5.74) is 14.2. The van der Waals surface area contributed by atoms with E-state index in [0.717, 1.165) is 0 Å². The fourth-order valence-corrected chi connectivity index (χ4v) is 0.478. The summed E-state index contributed by atoms with van der Waals surface area (Å²) >= 11 is 0. The van der Waals surface area contributed by atoms with Gasteiger partial charge in [-0.15, -0.1) is 0 Å². The van der Waals surface area contributed by atoms with E-state index in [1.807, 2.05) is 0 Å². The number of azide groups is 1. The molecule has 7 heteroatoms. The van der Waals surface area contributed by atoms with Crippen molar-refractivity contribution in [3.63, 3.8) is 0 Å². The predicted octanol–water partition coefficient (Wildman–Crippen LogP) is 0.437. The monoisotopic (exact) mass is 156 g/mol. The van der Waals surface area contributed by atoms with Crippen LogP contribution in [-0.4, -0.2) is 26.2 Å². The summed E-state index contributed by atoms with van der Waals surface area (Å²) < 4.78 is 0. The normalized spacial score (nSPS) is 8.00. The Morgan fingerprint density at radius 3 is 2.45 bits per heavy atom. The van der Waals surface area contributed by atoms with Crippen molar-refractivity contribution < 1.29 is 0 Å². The molecule has 0 atom stereocenters. The quantitative estimate of drug-likeness (QED) is 0.247. The maximum absolute atomic E-state index is 7.88. The minimum atomic E-state index is 0.439. The first-order valence-electron chi connectivity index (χ1n) is 3.16. The molecule has 0 aliphatic rings. The van der Waals surface area contributed by atoms with E-state index in [1.165, 1.54) is 0 Å². The van der Waals surface area contributed by atoms with Gasteiger partial charge in [-0.25, -0.2) is 0 Å². The lowest BCUT2D eigenvalue weighted by atomic mass is 10.6. The molecule has 2 N–H and O–H groups in total. The van der Waals surface area contributed by atoms with Gasteiger partial charge in [-0.3, -0.25) is 0 Å². The van der Waals surface area contributed by atoms with Gasteiger partial charge in [0.15, 0.2) is 0 Å². The molecule has 0 rings (SSSR count). The van der Waals surface area contributed by atoms with E-state index in [4.69, 9.17) is 11.1 Å². The van der Waals surface area contributed by atoms with Gasteiger partial charge in [-0.1, -0.05) is 5.11 Å². The third-order valence-electron chi connectivity index (χ3n) is 0.911. The molecule has 0 aliphatic carbocycles. The first-order valence-corrected chi connectivity index (χ1v) is 3.16. The summed E-state index contributed by atoms with van der Waals surface area (Å²) in [6.45, 7) is 2.22. The maximum Gasteiger partial charge on any atom is 0.214 e. The molecule has 0 heterocycles. The molecule has 0 unspecified atom stereocenters. The zero-order valence-corrected chi connectivity index (χ0v) is 6.06. The van der Waals surface area contributed by atoms with Crippen LogP contribution in [0.3, 0.4) is 0 Å². The van der Waals surface area contributed by atoms with Gasteiger partial charge in [0, 0.05) is 24.5 Å². The number of hydrogen-bond acceptors (Lipinski definition) is 4. The van der Waals surface area contributed by atoms with Gasteiger partial charge >= 0.3 is 0 Å². The van der Waals surface area contributed by atoms with Crippen LogP contribution in [0.25, 0.3) is 10.4 Å². The molecule has 0 aromatic carbocycles. The molecule has 0 spiro atoms. The van der Waals surface area contributed by atoms with E-state index >= 15 is 0 Å². The van der Waals surface area contributed by atoms with Crippen molar-refractivity contribution in [3.05, 3.63) is 10.4 Å². The second kappa shape index (κ2) is 8.58. The molecule has 0 radical (unpaired) electrons. The highest BCUT2D eigenvalue weighted by Crippen LogP contribution is 1.68. The lowest BCUT2D eigenvalue weighted by Gasteiger charge is -1.93. The summed E-state index contributed by atoms with van der Waals surface area (Å²) in [7, 11) is 0. The Labute approximate surface area is 63.7 Å². The summed E-state index contributed by atoms with van der Waals surface area (Å²) in [4.78, 5) is 5.41. The molecule has 11 heavy (non-hydrogen) atoms. The van der Waals surface area contributed by atoms with Gasteiger partial charge in [-0.2, -0.15) is 0 Å². The highest BCUT2D eigenvalue weighted by molar-refractivity contribution is 4.52. The number of rotatable bonds is 6. The van der Waals surface area contributed by atoms with E-state index in [9.17, 15) is 0 Å². The van der Waals surface area contributed by atoms with Crippen molar-refractivity contribution in [2.45, 2.75) is 0 Å². The number of nitrogens with one attached hydrogen (secondary N) is 2. The molecule has 0 bridgehead atoms. The van der Waals surface area contributed by atoms with Crippen LogP contribution in [-0.2, 0) is 0 Å². The van der Waals surface area contributed by atoms with Crippen LogP contribution in [0.4, 0.5) is 0 Å². The van der Waals surface area contributed by atoms with Crippen LogP contribution in [0, 0.1) is 5.53 Å². The lowest BCUT2D eigenvalue weighted by Crippen LogP contribution is -2.20. The van der Waals surface area contributed by atoms with Crippen LogP contribution in [0.5, 0.6) is 0 Å². The van der Waals surface area contributed by atoms with Crippen LogP contribution >= 0.6 is 0 Å². The van der Waals surface area contributed by atoms with Gasteiger partial charge < -0.3 is 5.32 Å². The van der Waals surface area contributed by atoms with Gasteiger partial charge in [0.05, 0.1) is 0 Å². The second-order valence-corrected chi connectivity index (χ2v) is 1.67. The van der Waals surface area contributed by atoms with E-state index in [1.54, 1.807) is 0 Å². The molecule has 0 fully saturated rings. The molecule has 7 nitrogen and oxygen atoms in total. The van der Waals surface area contributed by atoms with Gasteiger partial charge in [0.1, 0.15) is 17.2 Å². The average Bonchev–Trinajstić information content (AvgIpc) is 2.03. The van der Waals surface area contributed by atoms with Gasteiger partial charge in [0.25, 0.3) is 0 Å². The maximum atomic E-state index is 7.88. The lowest BCUT2D eigenvalue weighted by molar-refractivity contribution is 0.677. The minimum Gasteiger partial charge on any atom is -0.314 e. The van der Waals surface area contributed by atoms with Crippen LogP contribution < -0.4 is 10.2 Å². The largest absolute Gasteiger partial charge is 0.314 e. The molecule has 60 valence electrons. The minimum absolute atomic E-state index is 0.439. The Balaban J connectivity index is 3.02. The zero-order valence-electron chi connectivity index (χ0n) is 6.06. The van der Waals surface area contributed by atoms with E-state index < -0.39 is 0 Å². The summed E-state index contributed by atoms with van der Waals surface area (Å²) in [5, 5.41) is 9.68. The van der Waals surface area contributed by atoms with Crippen molar-refractivity contribution in [1.82, 2.24) is 10.2 Å². The van der Waals surface area contributed by atoms with Crippen molar-refractivity contribution in [3.8, 4) is 0 Å². The summed E-state index contributed by atoms with van der Waals surface area (Å²) in [5.74, 6) is 0. The summed E-state index contributed by atoms with van der Waals surface area (Å²) in [6, 6.07) is 0. The zero-order chi connectivity index (χ0) is 8.36. The highest BCUT2D eigenvalue weighted by Gasteiger charge is 1.86. The van der Waals surface area contributed by atoms with Gasteiger partial charge in [0.2, 0.25) is 4.91 Å². The van der Waals surface area contributed by atoms with Crippen LogP contribution in [0.2, 0.25) is 0 Å². The Bertz CT molecular complexity index is 155. The topological polar surface area (TPSA) is 111 Å². The third-order valence-corrected chi connectivity index (χ3v) is 0.911. The first kappa shape index (κ1) is 9.58. The van der Waals surface area contributed by atoms with E-state index in [-0.39, 0.29) is 0 Å². The second-order valence-electron chi connectivity index (χ2n) is 1.67. The fraction of sp³-hybridized carbons (Fsp3) is 1.00. The molecule has 0 amide bonds. The van der Waals surface area contributed by atoms with E-state index in [2.05, 4.69) is 25.4 Å². The molecular weight excluding hydrogens is 146 g/mol.